The maximum atomic E-state index is 12.1. The van der Waals surface area contributed by atoms with Gasteiger partial charge in [0.2, 0.25) is 11.8 Å². The van der Waals surface area contributed by atoms with Crippen LogP contribution in [-0.4, -0.2) is 38.6 Å². The third-order valence-electron chi connectivity index (χ3n) is 3.25. The summed E-state index contributed by atoms with van der Waals surface area (Å²) in [6.07, 6.45) is 0. The molecule has 21 heavy (non-hydrogen) atoms. The molecule has 6 heteroatoms. The van der Waals surface area contributed by atoms with Gasteiger partial charge in [0.15, 0.2) is 0 Å². The lowest BCUT2D eigenvalue weighted by molar-refractivity contribution is -0.126. The number of carbonyl (C=O) groups excluding carboxylic acids is 2. The average molecular weight is 293 g/mol. The van der Waals surface area contributed by atoms with Gasteiger partial charge in [-0.2, -0.15) is 0 Å². The molecule has 0 unspecified atom stereocenters. The van der Waals surface area contributed by atoms with E-state index in [2.05, 4.69) is 5.32 Å². The molecule has 0 aromatic heterocycles. The van der Waals surface area contributed by atoms with Crippen LogP contribution in [0.4, 0.5) is 5.69 Å². The van der Waals surface area contributed by atoms with Crippen LogP contribution in [-0.2, 0) is 9.59 Å². The van der Waals surface area contributed by atoms with Crippen LogP contribution in [0.25, 0.3) is 0 Å². The quantitative estimate of drug-likeness (QED) is 0.811. The van der Waals surface area contributed by atoms with E-state index in [9.17, 15) is 9.59 Å². The number of hydrogen-bond donors (Lipinski definition) is 2. The molecule has 0 aliphatic heterocycles. The van der Waals surface area contributed by atoms with Gasteiger partial charge in [0.1, 0.15) is 5.75 Å². The van der Waals surface area contributed by atoms with Crippen LogP contribution in [0.5, 0.6) is 5.75 Å². The molecule has 6 nitrogen and oxygen atoms in total. The summed E-state index contributed by atoms with van der Waals surface area (Å²) >= 11 is 0. The van der Waals surface area contributed by atoms with Crippen molar-refractivity contribution in [3.8, 4) is 5.75 Å². The van der Waals surface area contributed by atoms with Gasteiger partial charge in [-0.3, -0.25) is 9.59 Å². The Morgan fingerprint density at radius 1 is 1.38 bits per heavy atom. The molecule has 0 aliphatic rings. The van der Waals surface area contributed by atoms with E-state index in [-0.39, 0.29) is 24.3 Å². The second-order valence-electron chi connectivity index (χ2n) is 5.14. The van der Waals surface area contributed by atoms with Crippen molar-refractivity contribution in [1.29, 1.82) is 0 Å². The minimum atomic E-state index is -0.611. The van der Waals surface area contributed by atoms with Crippen LogP contribution in [0.15, 0.2) is 24.3 Å². The van der Waals surface area contributed by atoms with E-state index in [1.807, 2.05) is 13.8 Å². The standard InChI is InChI=1S/C15H23N3O3/c1-10(2)14(16)15(20)17-9-13(19)18(3)11-6-5-7-12(8-11)21-4/h5-8,10,14H,9,16H2,1-4H3,(H,17,20)/t14-/m0/s1. The van der Waals surface area contributed by atoms with Crippen molar-refractivity contribution in [3.05, 3.63) is 24.3 Å². The molecule has 0 saturated carbocycles. The Morgan fingerprint density at radius 2 is 2.05 bits per heavy atom. The van der Waals surface area contributed by atoms with Gasteiger partial charge < -0.3 is 20.7 Å². The fourth-order valence-electron chi connectivity index (χ4n) is 1.67. The van der Waals surface area contributed by atoms with Crippen LogP contribution in [0.2, 0.25) is 0 Å². The number of methoxy groups -OCH3 is 1. The molecule has 0 radical (unpaired) electrons. The zero-order valence-electron chi connectivity index (χ0n) is 12.9. The molecule has 0 fully saturated rings. The van der Waals surface area contributed by atoms with E-state index >= 15 is 0 Å². The maximum absolute atomic E-state index is 12.1. The van der Waals surface area contributed by atoms with Gasteiger partial charge in [-0.15, -0.1) is 0 Å². The van der Waals surface area contributed by atoms with Gasteiger partial charge in [-0.05, 0) is 18.1 Å². The Balaban J connectivity index is 2.60. The normalized spacial score (nSPS) is 11.9. The topological polar surface area (TPSA) is 84.7 Å². The molecule has 3 N–H and O–H groups in total. The third kappa shape index (κ3) is 4.75. The lowest BCUT2D eigenvalue weighted by atomic mass is 10.1. The second kappa shape index (κ2) is 7.64. The highest BCUT2D eigenvalue weighted by Crippen LogP contribution is 2.19. The first-order chi connectivity index (χ1) is 9.86. The van der Waals surface area contributed by atoms with Crippen LogP contribution >= 0.6 is 0 Å². The van der Waals surface area contributed by atoms with Gasteiger partial charge in [-0.1, -0.05) is 19.9 Å². The van der Waals surface area contributed by atoms with E-state index in [0.717, 1.165) is 0 Å². The Hall–Kier alpha value is -2.08. The molecule has 1 rings (SSSR count). The van der Waals surface area contributed by atoms with E-state index in [4.69, 9.17) is 10.5 Å². The van der Waals surface area contributed by atoms with Gasteiger partial charge in [0, 0.05) is 18.8 Å². The number of anilines is 1. The Labute approximate surface area is 125 Å². The van der Waals surface area contributed by atoms with Crippen LogP contribution in [0.1, 0.15) is 13.8 Å². The summed E-state index contributed by atoms with van der Waals surface area (Å²) in [5.74, 6) is 0.138. The maximum Gasteiger partial charge on any atom is 0.246 e. The lowest BCUT2D eigenvalue weighted by Gasteiger charge is -2.20. The number of ether oxygens (including phenoxy) is 1. The zero-order valence-corrected chi connectivity index (χ0v) is 12.9. The summed E-state index contributed by atoms with van der Waals surface area (Å²) in [5.41, 5.74) is 6.41. The van der Waals surface area contributed by atoms with Crippen molar-refractivity contribution in [2.75, 3.05) is 25.6 Å². The fraction of sp³-hybridized carbons (Fsp3) is 0.467. The lowest BCUT2D eigenvalue weighted by Crippen LogP contribution is -2.47. The van der Waals surface area contributed by atoms with E-state index in [0.29, 0.717) is 11.4 Å². The van der Waals surface area contributed by atoms with Gasteiger partial charge in [0.05, 0.1) is 19.7 Å². The monoisotopic (exact) mass is 293 g/mol. The van der Waals surface area contributed by atoms with Crippen molar-refractivity contribution in [2.24, 2.45) is 11.7 Å². The predicted molar refractivity (Wildman–Crippen MR) is 82.2 cm³/mol. The number of benzene rings is 1. The highest BCUT2D eigenvalue weighted by molar-refractivity contribution is 5.96. The van der Waals surface area contributed by atoms with Crippen molar-refractivity contribution in [1.82, 2.24) is 5.32 Å². The molecule has 0 bridgehead atoms. The van der Waals surface area contributed by atoms with E-state index in [1.165, 1.54) is 4.90 Å². The molecule has 0 aliphatic carbocycles. The molecule has 1 aromatic rings. The first kappa shape index (κ1) is 17.0. The smallest absolute Gasteiger partial charge is 0.246 e. The highest BCUT2D eigenvalue weighted by Gasteiger charge is 2.19. The zero-order chi connectivity index (χ0) is 16.0. The molecule has 0 saturated heterocycles. The third-order valence-corrected chi connectivity index (χ3v) is 3.25. The molecular weight excluding hydrogens is 270 g/mol. The summed E-state index contributed by atoms with van der Waals surface area (Å²) in [7, 11) is 3.21. The number of hydrogen-bond acceptors (Lipinski definition) is 4. The SMILES string of the molecule is COc1cccc(N(C)C(=O)CNC(=O)[C@@H](N)C(C)C)c1. The van der Waals surface area contributed by atoms with Gasteiger partial charge in [-0.25, -0.2) is 0 Å². The Morgan fingerprint density at radius 3 is 2.62 bits per heavy atom. The van der Waals surface area contributed by atoms with E-state index in [1.54, 1.807) is 38.4 Å². The van der Waals surface area contributed by atoms with E-state index < -0.39 is 6.04 Å². The molecule has 1 atom stereocenters. The largest absolute Gasteiger partial charge is 0.497 e. The highest BCUT2D eigenvalue weighted by atomic mass is 16.5. The number of nitrogens with zero attached hydrogens (tertiary/aromatic N) is 1. The predicted octanol–water partition coefficient (Wildman–Crippen LogP) is 0.757. The average Bonchev–Trinajstić information content (AvgIpc) is 2.50. The Bertz CT molecular complexity index is 503. The molecular formula is C15H23N3O3. The molecule has 116 valence electrons. The van der Waals surface area contributed by atoms with Gasteiger partial charge >= 0.3 is 0 Å². The second-order valence-corrected chi connectivity index (χ2v) is 5.14. The number of amides is 2. The minimum Gasteiger partial charge on any atom is -0.497 e. The first-order valence-electron chi connectivity index (χ1n) is 6.80. The first-order valence-corrected chi connectivity index (χ1v) is 6.80. The number of rotatable bonds is 6. The summed E-state index contributed by atoms with van der Waals surface area (Å²) in [6, 6.07) is 6.53. The van der Waals surface area contributed by atoms with Crippen LogP contribution in [0.3, 0.4) is 0 Å². The molecule has 0 spiro atoms. The minimum absolute atomic E-state index is 0.0243. The summed E-state index contributed by atoms with van der Waals surface area (Å²) < 4.78 is 5.12. The number of likely N-dealkylation sites (N-methyl/N-ethyl adjacent to an activating group) is 1. The number of nitrogens with two attached hydrogens (primary N) is 1. The summed E-state index contributed by atoms with van der Waals surface area (Å²) in [6.45, 7) is 3.62. The molecule has 2 amide bonds. The van der Waals surface area contributed by atoms with Crippen LogP contribution in [0, 0.1) is 5.92 Å². The fourth-order valence-corrected chi connectivity index (χ4v) is 1.67. The van der Waals surface area contributed by atoms with Crippen LogP contribution < -0.4 is 20.7 Å². The van der Waals surface area contributed by atoms with Crippen molar-refractivity contribution in [3.63, 3.8) is 0 Å². The van der Waals surface area contributed by atoms with Crippen molar-refractivity contribution >= 4 is 17.5 Å². The number of carbonyl (C=O) groups is 2. The van der Waals surface area contributed by atoms with Crippen molar-refractivity contribution < 1.29 is 14.3 Å². The Kier molecular flexibility index (Phi) is 6.17. The number of nitrogens with one attached hydrogen (secondary N) is 1. The summed E-state index contributed by atoms with van der Waals surface area (Å²) in [5, 5.41) is 2.56. The molecule has 1 aromatic carbocycles. The molecule has 0 heterocycles. The summed E-state index contributed by atoms with van der Waals surface area (Å²) in [4.78, 5) is 25.3. The van der Waals surface area contributed by atoms with Gasteiger partial charge in [0.25, 0.3) is 0 Å². The van der Waals surface area contributed by atoms with Crippen molar-refractivity contribution in [2.45, 2.75) is 19.9 Å².